The Morgan fingerprint density at radius 1 is 1.17 bits per heavy atom. The molecule has 0 aliphatic heterocycles. The molecule has 1 aromatic rings. The summed E-state index contributed by atoms with van der Waals surface area (Å²) in [6.07, 6.45) is 0. The van der Waals surface area contributed by atoms with E-state index in [0.717, 1.165) is 11.4 Å². The summed E-state index contributed by atoms with van der Waals surface area (Å²) in [5, 5.41) is 0. The molecular formula is C8H12N2O2. The average molecular weight is 168 g/mol. The van der Waals surface area contributed by atoms with Gasteiger partial charge < -0.3 is 4.74 Å². The normalized spacial score (nSPS) is 9.50. The van der Waals surface area contributed by atoms with Crippen molar-refractivity contribution < 1.29 is 9.68 Å². The lowest BCUT2D eigenvalue weighted by Crippen LogP contribution is -2.12. The summed E-state index contributed by atoms with van der Waals surface area (Å²) >= 11 is 0. The van der Waals surface area contributed by atoms with Gasteiger partial charge in [-0.05, 0) is 24.3 Å². The quantitative estimate of drug-likeness (QED) is 0.662. The molecule has 0 spiro atoms. The van der Waals surface area contributed by atoms with Crippen LogP contribution in [0.5, 0.6) is 5.75 Å². The monoisotopic (exact) mass is 168 g/mol. The van der Waals surface area contributed by atoms with Crippen LogP contribution in [-0.2, 0) is 4.94 Å². The smallest absolute Gasteiger partial charge is 0.119 e. The highest BCUT2D eigenvalue weighted by atomic mass is 16.8. The standard InChI is InChI=1S/C8H12N2O2/c1-9-12-10-7-3-5-8(11-2)6-4-7/h3-6,9-10H,1-2H3. The van der Waals surface area contributed by atoms with Gasteiger partial charge >= 0.3 is 0 Å². The molecule has 0 aliphatic rings. The fourth-order valence-corrected chi connectivity index (χ4v) is 0.769. The highest BCUT2D eigenvalue weighted by Gasteiger charge is 1.91. The van der Waals surface area contributed by atoms with Crippen LogP contribution in [-0.4, -0.2) is 14.2 Å². The van der Waals surface area contributed by atoms with Gasteiger partial charge in [-0.3, -0.25) is 0 Å². The predicted molar refractivity (Wildman–Crippen MR) is 46.8 cm³/mol. The van der Waals surface area contributed by atoms with Crippen molar-refractivity contribution in [1.82, 2.24) is 5.48 Å². The van der Waals surface area contributed by atoms with Gasteiger partial charge in [-0.2, -0.15) is 10.4 Å². The second kappa shape index (κ2) is 4.58. The van der Waals surface area contributed by atoms with E-state index in [9.17, 15) is 0 Å². The molecule has 0 saturated carbocycles. The van der Waals surface area contributed by atoms with E-state index in [-0.39, 0.29) is 0 Å². The minimum atomic E-state index is 0.824. The number of hydroxylamine groups is 1. The highest BCUT2D eigenvalue weighted by molar-refractivity contribution is 5.44. The van der Waals surface area contributed by atoms with Crippen molar-refractivity contribution in [2.24, 2.45) is 0 Å². The van der Waals surface area contributed by atoms with Crippen molar-refractivity contribution in [2.45, 2.75) is 0 Å². The third kappa shape index (κ3) is 2.41. The van der Waals surface area contributed by atoms with Crippen molar-refractivity contribution >= 4 is 5.69 Å². The van der Waals surface area contributed by atoms with Crippen LogP contribution < -0.4 is 15.7 Å². The molecule has 4 heteroatoms. The first-order valence-electron chi connectivity index (χ1n) is 3.59. The van der Waals surface area contributed by atoms with Crippen LogP contribution in [0.1, 0.15) is 0 Å². The number of methoxy groups -OCH3 is 1. The summed E-state index contributed by atoms with van der Waals surface area (Å²) in [5.74, 6) is 0.824. The van der Waals surface area contributed by atoms with E-state index in [4.69, 9.17) is 9.68 Å². The molecule has 0 aliphatic carbocycles. The number of rotatable bonds is 4. The Hall–Kier alpha value is -1.26. The number of ether oxygens (including phenoxy) is 1. The summed E-state index contributed by atoms with van der Waals surface area (Å²) < 4.78 is 4.99. The fourth-order valence-electron chi connectivity index (χ4n) is 0.769. The Bertz CT molecular complexity index is 223. The van der Waals surface area contributed by atoms with Crippen LogP contribution in [0.4, 0.5) is 5.69 Å². The maximum atomic E-state index is 4.99. The van der Waals surface area contributed by atoms with Gasteiger partial charge in [0, 0.05) is 7.05 Å². The van der Waals surface area contributed by atoms with Crippen molar-refractivity contribution in [2.75, 3.05) is 19.6 Å². The van der Waals surface area contributed by atoms with Crippen LogP contribution in [0.3, 0.4) is 0 Å². The molecule has 1 rings (SSSR count). The third-order valence-electron chi connectivity index (χ3n) is 1.36. The second-order valence-corrected chi connectivity index (χ2v) is 2.14. The van der Waals surface area contributed by atoms with E-state index < -0.39 is 0 Å². The molecular weight excluding hydrogens is 156 g/mol. The minimum absolute atomic E-state index is 0.824. The van der Waals surface area contributed by atoms with Crippen LogP contribution >= 0.6 is 0 Å². The molecule has 66 valence electrons. The molecule has 0 radical (unpaired) electrons. The van der Waals surface area contributed by atoms with Gasteiger partial charge in [0.05, 0.1) is 12.8 Å². The van der Waals surface area contributed by atoms with Crippen molar-refractivity contribution in [1.29, 1.82) is 0 Å². The number of hydrogen-bond donors (Lipinski definition) is 2. The first-order chi connectivity index (χ1) is 5.86. The van der Waals surface area contributed by atoms with Crippen LogP contribution in [0.2, 0.25) is 0 Å². The lowest BCUT2D eigenvalue weighted by Gasteiger charge is -2.04. The number of benzene rings is 1. The Balaban J connectivity index is 2.53. The van der Waals surface area contributed by atoms with E-state index in [0.29, 0.717) is 0 Å². The molecule has 0 bridgehead atoms. The van der Waals surface area contributed by atoms with E-state index in [1.54, 1.807) is 14.2 Å². The molecule has 0 amide bonds. The molecule has 0 fully saturated rings. The zero-order chi connectivity index (χ0) is 8.81. The van der Waals surface area contributed by atoms with Crippen molar-refractivity contribution in [3.05, 3.63) is 24.3 Å². The molecule has 1 aromatic carbocycles. The van der Waals surface area contributed by atoms with Gasteiger partial charge in [0.25, 0.3) is 0 Å². The maximum absolute atomic E-state index is 4.99. The first kappa shape index (κ1) is 8.83. The fraction of sp³-hybridized carbons (Fsp3) is 0.250. The number of nitrogens with one attached hydrogen (secondary N) is 2. The largest absolute Gasteiger partial charge is 0.497 e. The Morgan fingerprint density at radius 2 is 1.83 bits per heavy atom. The lowest BCUT2D eigenvalue weighted by atomic mass is 10.3. The summed E-state index contributed by atoms with van der Waals surface area (Å²) in [5.41, 5.74) is 6.05. The molecule has 0 saturated heterocycles. The van der Waals surface area contributed by atoms with Crippen LogP contribution in [0.25, 0.3) is 0 Å². The van der Waals surface area contributed by atoms with Crippen molar-refractivity contribution in [3.63, 3.8) is 0 Å². The number of anilines is 1. The molecule has 0 unspecified atom stereocenters. The van der Waals surface area contributed by atoms with Crippen molar-refractivity contribution in [3.8, 4) is 5.75 Å². The van der Waals surface area contributed by atoms with Gasteiger partial charge in [-0.15, -0.1) is 0 Å². The van der Waals surface area contributed by atoms with E-state index in [1.807, 2.05) is 24.3 Å². The highest BCUT2D eigenvalue weighted by Crippen LogP contribution is 2.14. The van der Waals surface area contributed by atoms with Gasteiger partial charge in [-0.1, -0.05) is 0 Å². The first-order valence-corrected chi connectivity index (χ1v) is 3.59. The van der Waals surface area contributed by atoms with E-state index in [2.05, 4.69) is 11.0 Å². The van der Waals surface area contributed by atoms with Gasteiger partial charge in [0.15, 0.2) is 0 Å². The predicted octanol–water partition coefficient (Wildman–Crippen LogP) is 1.17. The zero-order valence-corrected chi connectivity index (χ0v) is 7.13. The molecule has 0 aromatic heterocycles. The summed E-state index contributed by atoms with van der Waals surface area (Å²) in [7, 11) is 3.31. The second-order valence-electron chi connectivity index (χ2n) is 2.14. The van der Waals surface area contributed by atoms with E-state index in [1.165, 1.54) is 0 Å². The molecule has 0 atom stereocenters. The van der Waals surface area contributed by atoms with E-state index >= 15 is 0 Å². The number of hydrogen-bond acceptors (Lipinski definition) is 4. The molecule has 2 N–H and O–H groups in total. The Kier molecular flexibility index (Phi) is 3.37. The molecule has 0 heterocycles. The van der Waals surface area contributed by atoms with Gasteiger partial charge in [0.2, 0.25) is 0 Å². The van der Waals surface area contributed by atoms with Crippen LogP contribution in [0, 0.1) is 0 Å². The maximum Gasteiger partial charge on any atom is 0.119 e. The Morgan fingerprint density at radius 3 is 2.33 bits per heavy atom. The minimum Gasteiger partial charge on any atom is -0.497 e. The summed E-state index contributed by atoms with van der Waals surface area (Å²) in [6, 6.07) is 7.41. The molecule has 12 heavy (non-hydrogen) atoms. The zero-order valence-electron chi connectivity index (χ0n) is 7.13. The average Bonchev–Trinajstić information content (AvgIpc) is 2.15. The van der Waals surface area contributed by atoms with Gasteiger partial charge in [-0.25, -0.2) is 5.48 Å². The third-order valence-corrected chi connectivity index (χ3v) is 1.36. The van der Waals surface area contributed by atoms with Crippen LogP contribution in [0.15, 0.2) is 24.3 Å². The Labute approximate surface area is 71.4 Å². The van der Waals surface area contributed by atoms with Gasteiger partial charge in [0.1, 0.15) is 5.75 Å². The SMILES string of the molecule is CNONc1ccc(OC)cc1. The molecule has 4 nitrogen and oxygen atoms in total. The lowest BCUT2D eigenvalue weighted by molar-refractivity contribution is 0.109. The topological polar surface area (TPSA) is 42.5 Å². The summed E-state index contributed by atoms with van der Waals surface area (Å²) in [6.45, 7) is 0. The summed E-state index contributed by atoms with van der Waals surface area (Å²) in [4.78, 5) is 4.75.